The number of nitro benzene ring substituents is 1. The van der Waals surface area contributed by atoms with E-state index in [0.29, 0.717) is 30.0 Å². The van der Waals surface area contributed by atoms with E-state index >= 15 is 0 Å². The van der Waals surface area contributed by atoms with E-state index in [1.165, 1.54) is 16.4 Å². The number of nitrogens with zero attached hydrogens (tertiary/aromatic N) is 3. The molecule has 1 heterocycles. The van der Waals surface area contributed by atoms with Gasteiger partial charge in [-0.15, -0.1) is 0 Å². The van der Waals surface area contributed by atoms with Crippen LogP contribution in [0, 0.1) is 34.3 Å². The summed E-state index contributed by atoms with van der Waals surface area (Å²) in [6, 6.07) is 10.4. The number of rotatable bonds is 5. The number of hydrogen-bond acceptors (Lipinski definition) is 6. The molecule has 1 aliphatic heterocycles. The summed E-state index contributed by atoms with van der Waals surface area (Å²) in [5.41, 5.74) is 0.652. The number of hydrogen-bond donors (Lipinski definition) is 0. The molecule has 0 bridgehead atoms. The van der Waals surface area contributed by atoms with E-state index < -0.39 is 20.6 Å². The van der Waals surface area contributed by atoms with Gasteiger partial charge in [-0.05, 0) is 61.6 Å². The van der Waals surface area contributed by atoms with Gasteiger partial charge in [-0.2, -0.15) is 9.57 Å². The molecule has 152 valence electrons. The molecular formula is C20H21N3O5S. The molecule has 0 aliphatic carbocycles. The molecule has 0 spiro atoms. The van der Waals surface area contributed by atoms with Crippen LogP contribution in [0.3, 0.4) is 0 Å². The Morgan fingerprint density at radius 3 is 2.59 bits per heavy atom. The molecular weight excluding hydrogens is 394 g/mol. The summed E-state index contributed by atoms with van der Waals surface area (Å²) < 4.78 is 32.9. The third kappa shape index (κ3) is 4.39. The first kappa shape index (κ1) is 20.8. The Morgan fingerprint density at radius 1 is 1.24 bits per heavy atom. The highest BCUT2D eigenvalue weighted by Gasteiger charge is 2.31. The van der Waals surface area contributed by atoms with Crippen molar-refractivity contribution in [1.29, 1.82) is 5.26 Å². The number of nitriles is 1. The van der Waals surface area contributed by atoms with Crippen LogP contribution in [0.5, 0.6) is 11.5 Å². The molecule has 3 rings (SSSR count). The van der Waals surface area contributed by atoms with Crippen molar-refractivity contribution in [1.82, 2.24) is 4.31 Å². The fraction of sp³-hybridized carbons (Fsp3) is 0.350. The molecule has 9 heteroatoms. The monoisotopic (exact) mass is 415 g/mol. The van der Waals surface area contributed by atoms with Gasteiger partial charge in [0.05, 0.1) is 21.5 Å². The zero-order chi connectivity index (χ0) is 21.2. The van der Waals surface area contributed by atoms with Crippen molar-refractivity contribution in [3.05, 3.63) is 57.6 Å². The normalized spacial score (nSPS) is 17.5. The highest BCUT2D eigenvalue weighted by atomic mass is 32.2. The van der Waals surface area contributed by atoms with Crippen molar-refractivity contribution >= 4 is 15.7 Å². The van der Waals surface area contributed by atoms with Gasteiger partial charge in [-0.1, -0.05) is 6.92 Å². The van der Waals surface area contributed by atoms with Crippen LogP contribution >= 0.6 is 0 Å². The minimum atomic E-state index is -3.82. The van der Waals surface area contributed by atoms with Crippen LogP contribution in [0.15, 0.2) is 41.3 Å². The Hall–Kier alpha value is -2.96. The lowest BCUT2D eigenvalue weighted by Crippen LogP contribution is -2.39. The van der Waals surface area contributed by atoms with E-state index in [9.17, 15) is 18.5 Å². The molecule has 0 unspecified atom stereocenters. The van der Waals surface area contributed by atoms with E-state index in [4.69, 9.17) is 10.00 Å². The van der Waals surface area contributed by atoms with Crippen LogP contribution in [-0.4, -0.2) is 30.7 Å². The summed E-state index contributed by atoms with van der Waals surface area (Å²) in [5, 5.41) is 20.5. The number of piperidine rings is 1. The summed E-state index contributed by atoms with van der Waals surface area (Å²) in [4.78, 5) is 10.8. The van der Waals surface area contributed by atoms with Gasteiger partial charge in [0, 0.05) is 19.2 Å². The second kappa shape index (κ2) is 8.19. The maximum absolute atomic E-state index is 12.9. The molecule has 0 N–H and O–H groups in total. The summed E-state index contributed by atoms with van der Waals surface area (Å²) >= 11 is 0. The van der Waals surface area contributed by atoms with Gasteiger partial charge in [0.15, 0.2) is 0 Å². The fourth-order valence-corrected chi connectivity index (χ4v) is 4.97. The second-order valence-corrected chi connectivity index (χ2v) is 9.13. The molecule has 1 aliphatic rings. The Bertz CT molecular complexity index is 1090. The van der Waals surface area contributed by atoms with E-state index in [1.807, 2.05) is 13.0 Å². The quantitative estimate of drug-likeness (QED) is 0.539. The van der Waals surface area contributed by atoms with Crippen molar-refractivity contribution in [3.8, 4) is 17.6 Å². The van der Waals surface area contributed by atoms with Gasteiger partial charge < -0.3 is 4.74 Å². The zero-order valence-corrected chi connectivity index (χ0v) is 17.0. The third-order valence-electron chi connectivity index (χ3n) is 4.91. The SMILES string of the molecule is Cc1cc(C#N)ccc1Oc1ccc(S(=O)(=O)N2CCC[C@H](C)C2)cc1[N+](=O)[O-]. The molecule has 1 fully saturated rings. The van der Waals surface area contributed by atoms with Crippen LogP contribution < -0.4 is 4.74 Å². The second-order valence-electron chi connectivity index (χ2n) is 7.19. The lowest BCUT2D eigenvalue weighted by atomic mass is 10.0. The van der Waals surface area contributed by atoms with Crippen molar-refractivity contribution in [3.63, 3.8) is 0 Å². The van der Waals surface area contributed by atoms with Gasteiger partial charge in [0.1, 0.15) is 5.75 Å². The highest BCUT2D eigenvalue weighted by Crippen LogP contribution is 2.36. The fourth-order valence-electron chi connectivity index (χ4n) is 3.35. The first-order valence-corrected chi connectivity index (χ1v) is 10.6. The van der Waals surface area contributed by atoms with Crippen molar-refractivity contribution < 1.29 is 18.1 Å². The topological polar surface area (TPSA) is 114 Å². The lowest BCUT2D eigenvalue weighted by molar-refractivity contribution is -0.385. The standard InChI is InChI=1S/C20H21N3O5S/c1-14-4-3-9-22(13-14)29(26,27)17-6-8-20(18(11-17)23(24)25)28-19-7-5-16(12-21)10-15(19)2/h5-8,10-11,14H,3-4,9,13H2,1-2H3/t14-/m0/s1. The molecule has 0 aromatic heterocycles. The Morgan fingerprint density at radius 2 is 1.97 bits per heavy atom. The third-order valence-corrected chi connectivity index (χ3v) is 6.77. The van der Waals surface area contributed by atoms with E-state index in [1.54, 1.807) is 25.1 Å². The number of nitro groups is 1. The summed E-state index contributed by atoms with van der Waals surface area (Å²) in [5.74, 6) is 0.539. The van der Waals surface area contributed by atoms with Gasteiger partial charge in [0.2, 0.25) is 15.8 Å². The predicted octanol–water partition coefficient (Wildman–Crippen LogP) is 3.99. The van der Waals surface area contributed by atoms with Crippen LogP contribution in [0.2, 0.25) is 0 Å². The number of benzene rings is 2. The van der Waals surface area contributed by atoms with Crippen LogP contribution in [-0.2, 0) is 10.0 Å². The van der Waals surface area contributed by atoms with Gasteiger partial charge in [-0.25, -0.2) is 8.42 Å². The van der Waals surface area contributed by atoms with Gasteiger partial charge in [0.25, 0.3) is 0 Å². The molecule has 0 radical (unpaired) electrons. The van der Waals surface area contributed by atoms with E-state index in [0.717, 1.165) is 18.9 Å². The Balaban J connectivity index is 1.95. The molecule has 2 aromatic rings. The average molecular weight is 415 g/mol. The smallest absolute Gasteiger partial charge is 0.312 e. The maximum Gasteiger partial charge on any atom is 0.312 e. The minimum absolute atomic E-state index is 0.0613. The first-order valence-electron chi connectivity index (χ1n) is 9.19. The van der Waals surface area contributed by atoms with Crippen molar-refractivity contribution in [2.45, 2.75) is 31.6 Å². The number of sulfonamides is 1. The maximum atomic E-state index is 12.9. The van der Waals surface area contributed by atoms with Crippen LogP contribution in [0.4, 0.5) is 5.69 Å². The number of ether oxygens (including phenoxy) is 1. The van der Waals surface area contributed by atoms with Crippen LogP contribution in [0.25, 0.3) is 0 Å². The minimum Gasteiger partial charge on any atom is -0.450 e. The lowest BCUT2D eigenvalue weighted by Gasteiger charge is -2.30. The van der Waals surface area contributed by atoms with Crippen molar-refractivity contribution in [2.75, 3.05) is 13.1 Å². The zero-order valence-electron chi connectivity index (χ0n) is 16.2. The summed E-state index contributed by atoms with van der Waals surface area (Å²) in [7, 11) is -3.82. The molecule has 0 saturated carbocycles. The average Bonchev–Trinajstić information content (AvgIpc) is 2.69. The first-order chi connectivity index (χ1) is 13.7. The van der Waals surface area contributed by atoms with Crippen LogP contribution in [0.1, 0.15) is 30.9 Å². The highest BCUT2D eigenvalue weighted by molar-refractivity contribution is 7.89. The Labute approximate surface area is 169 Å². The van der Waals surface area contributed by atoms with Gasteiger partial charge in [-0.3, -0.25) is 10.1 Å². The summed E-state index contributed by atoms with van der Waals surface area (Å²) in [6.07, 6.45) is 1.73. The molecule has 8 nitrogen and oxygen atoms in total. The molecule has 29 heavy (non-hydrogen) atoms. The largest absolute Gasteiger partial charge is 0.450 e. The Kier molecular flexibility index (Phi) is 5.86. The summed E-state index contributed by atoms with van der Waals surface area (Å²) in [6.45, 7) is 4.52. The van der Waals surface area contributed by atoms with E-state index in [2.05, 4.69) is 0 Å². The number of aryl methyl sites for hydroxylation is 1. The predicted molar refractivity (Wildman–Crippen MR) is 106 cm³/mol. The van der Waals surface area contributed by atoms with Crippen molar-refractivity contribution in [2.24, 2.45) is 5.92 Å². The molecule has 1 saturated heterocycles. The molecule has 2 aromatic carbocycles. The van der Waals surface area contributed by atoms with E-state index in [-0.39, 0.29) is 16.6 Å². The molecule has 1 atom stereocenters. The molecule has 0 amide bonds. The van der Waals surface area contributed by atoms with Gasteiger partial charge >= 0.3 is 5.69 Å².